The van der Waals surface area contributed by atoms with E-state index in [9.17, 15) is 4.79 Å². The third-order valence-corrected chi connectivity index (χ3v) is 3.32. The average Bonchev–Trinajstić information content (AvgIpc) is 2.53. The monoisotopic (exact) mass is 314 g/mol. The molecule has 2 N–H and O–H groups in total. The van der Waals surface area contributed by atoms with Crippen LogP contribution in [0.5, 0.6) is 5.75 Å². The number of benzene rings is 1. The van der Waals surface area contributed by atoms with Gasteiger partial charge in [0.05, 0.1) is 13.7 Å². The van der Waals surface area contributed by atoms with Crippen LogP contribution in [-0.2, 0) is 16.0 Å². The van der Waals surface area contributed by atoms with E-state index in [1.165, 1.54) is 5.56 Å². The van der Waals surface area contributed by atoms with Crippen molar-refractivity contribution in [2.45, 2.75) is 18.9 Å². The van der Waals surface area contributed by atoms with Gasteiger partial charge in [-0.15, -0.1) is 12.4 Å². The van der Waals surface area contributed by atoms with Crippen LogP contribution >= 0.6 is 12.4 Å². The van der Waals surface area contributed by atoms with Crippen molar-refractivity contribution < 1.29 is 14.3 Å². The van der Waals surface area contributed by atoms with E-state index in [4.69, 9.17) is 9.47 Å². The first-order valence-electron chi connectivity index (χ1n) is 7.02. The number of aryl methyl sites for hydroxylation is 1. The van der Waals surface area contributed by atoms with E-state index in [0.717, 1.165) is 25.1 Å². The highest BCUT2D eigenvalue weighted by Gasteiger charge is 2.20. The molecule has 1 fully saturated rings. The van der Waals surface area contributed by atoms with E-state index in [2.05, 4.69) is 22.8 Å². The lowest BCUT2D eigenvalue weighted by molar-refractivity contribution is -0.134. The Bertz CT molecular complexity index is 419. The number of morpholine rings is 1. The first kappa shape index (κ1) is 17.8. The Morgan fingerprint density at radius 2 is 2.19 bits per heavy atom. The van der Waals surface area contributed by atoms with E-state index in [1.54, 1.807) is 7.11 Å². The van der Waals surface area contributed by atoms with Crippen molar-refractivity contribution in [3.8, 4) is 5.75 Å². The molecule has 0 saturated carbocycles. The normalized spacial score (nSPS) is 17.7. The van der Waals surface area contributed by atoms with Crippen LogP contribution in [0.1, 0.15) is 12.0 Å². The average molecular weight is 315 g/mol. The zero-order valence-electron chi connectivity index (χ0n) is 12.3. The van der Waals surface area contributed by atoms with Crippen LogP contribution < -0.4 is 15.4 Å². The molecule has 0 aromatic heterocycles. The highest BCUT2D eigenvalue weighted by molar-refractivity contribution is 5.85. The predicted octanol–water partition coefficient (Wildman–Crippen LogP) is 1.15. The van der Waals surface area contributed by atoms with Crippen LogP contribution in [0.2, 0.25) is 0 Å². The minimum Gasteiger partial charge on any atom is -0.497 e. The van der Waals surface area contributed by atoms with Gasteiger partial charge in [-0.2, -0.15) is 0 Å². The second-order valence-corrected chi connectivity index (χ2v) is 4.81. The number of ether oxygens (including phenoxy) is 2. The van der Waals surface area contributed by atoms with Gasteiger partial charge in [0.15, 0.2) is 0 Å². The summed E-state index contributed by atoms with van der Waals surface area (Å²) in [5.41, 5.74) is 1.25. The molecule has 21 heavy (non-hydrogen) atoms. The first-order valence-corrected chi connectivity index (χ1v) is 7.02. The van der Waals surface area contributed by atoms with Crippen molar-refractivity contribution in [2.75, 3.05) is 33.4 Å². The molecular weight excluding hydrogens is 292 g/mol. The summed E-state index contributed by atoms with van der Waals surface area (Å²) in [6.45, 7) is 2.69. The Hall–Kier alpha value is -1.30. The molecule has 1 amide bonds. The number of rotatable bonds is 6. The lowest BCUT2D eigenvalue weighted by Gasteiger charge is -2.22. The number of hydrogen-bond acceptors (Lipinski definition) is 4. The van der Waals surface area contributed by atoms with Crippen molar-refractivity contribution in [3.05, 3.63) is 29.8 Å². The summed E-state index contributed by atoms with van der Waals surface area (Å²) in [5, 5.41) is 6.06. The molecule has 1 unspecified atom stereocenters. The zero-order chi connectivity index (χ0) is 14.2. The van der Waals surface area contributed by atoms with E-state index in [-0.39, 0.29) is 24.4 Å². The fourth-order valence-corrected chi connectivity index (χ4v) is 2.14. The number of nitrogens with one attached hydrogen (secondary N) is 2. The fraction of sp³-hybridized carbons (Fsp3) is 0.533. The maximum Gasteiger partial charge on any atom is 0.250 e. The Labute approximate surface area is 131 Å². The summed E-state index contributed by atoms with van der Waals surface area (Å²) in [6.07, 6.45) is 1.51. The summed E-state index contributed by atoms with van der Waals surface area (Å²) in [6, 6.07) is 8.01. The molecule has 1 aliphatic heterocycles. The number of carbonyl (C=O) groups excluding carboxylic acids is 1. The maximum atomic E-state index is 11.8. The van der Waals surface area contributed by atoms with Gasteiger partial charge in [-0.25, -0.2) is 0 Å². The number of hydrogen-bond donors (Lipinski definition) is 2. The van der Waals surface area contributed by atoms with Gasteiger partial charge in [0, 0.05) is 19.6 Å². The van der Waals surface area contributed by atoms with E-state index < -0.39 is 0 Å². The van der Waals surface area contributed by atoms with Gasteiger partial charge in [-0.1, -0.05) is 12.1 Å². The SMILES string of the molecule is COc1ccc(CCCNC(=O)C2CNCCO2)cc1.Cl. The maximum absolute atomic E-state index is 11.8. The van der Waals surface area contributed by atoms with Crippen LogP contribution in [0.15, 0.2) is 24.3 Å². The first-order chi connectivity index (χ1) is 9.79. The van der Waals surface area contributed by atoms with E-state index in [1.807, 2.05) is 12.1 Å². The highest BCUT2D eigenvalue weighted by atomic mass is 35.5. The van der Waals surface area contributed by atoms with Gasteiger partial charge in [-0.3, -0.25) is 4.79 Å². The quantitative estimate of drug-likeness (QED) is 0.774. The molecule has 5 nitrogen and oxygen atoms in total. The minimum atomic E-state index is -0.343. The van der Waals surface area contributed by atoms with Gasteiger partial charge in [0.25, 0.3) is 0 Å². The van der Waals surface area contributed by atoms with Crippen LogP contribution in [-0.4, -0.2) is 45.4 Å². The van der Waals surface area contributed by atoms with Crippen LogP contribution in [0, 0.1) is 0 Å². The number of halogens is 1. The topological polar surface area (TPSA) is 59.6 Å². The van der Waals surface area contributed by atoms with Gasteiger partial charge >= 0.3 is 0 Å². The molecule has 0 radical (unpaired) electrons. The molecule has 118 valence electrons. The van der Waals surface area contributed by atoms with Crippen molar-refractivity contribution in [1.29, 1.82) is 0 Å². The largest absolute Gasteiger partial charge is 0.497 e. The summed E-state index contributed by atoms with van der Waals surface area (Å²) >= 11 is 0. The predicted molar refractivity (Wildman–Crippen MR) is 84.2 cm³/mol. The smallest absolute Gasteiger partial charge is 0.250 e. The van der Waals surface area contributed by atoms with Crippen molar-refractivity contribution in [2.24, 2.45) is 0 Å². The fourth-order valence-electron chi connectivity index (χ4n) is 2.14. The summed E-state index contributed by atoms with van der Waals surface area (Å²) in [5.74, 6) is 0.843. The molecule has 6 heteroatoms. The lowest BCUT2D eigenvalue weighted by Crippen LogP contribution is -2.48. The molecule has 1 heterocycles. The Morgan fingerprint density at radius 1 is 1.43 bits per heavy atom. The third-order valence-electron chi connectivity index (χ3n) is 3.32. The van der Waals surface area contributed by atoms with Crippen molar-refractivity contribution in [3.63, 3.8) is 0 Å². The summed E-state index contributed by atoms with van der Waals surface area (Å²) < 4.78 is 10.5. The standard InChI is InChI=1S/C15H22N2O3.ClH/c1-19-13-6-4-12(5-7-13)3-2-8-17-15(18)14-11-16-9-10-20-14;/h4-7,14,16H,2-3,8-11H2,1H3,(H,17,18);1H. The molecule has 1 aromatic rings. The molecule has 0 bridgehead atoms. The van der Waals surface area contributed by atoms with Crippen molar-refractivity contribution >= 4 is 18.3 Å². The Balaban J connectivity index is 0.00000220. The van der Waals surface area contributed by atoms with E-state index >= 15 is 0 Å². The van der Waals surface area contributed by atoms with E-state index in [0.29, 0.717) is 19.7 Å². The van der Waals surface area contributed by atoms with Crippen LogP contribution in [0.25, 0.3) is 0 Å². The molecule has 1 atom stereocenters. The summed E-state index contributed by atoms with van der Waals surface area (Å²) in [7, 11) is 1.66. The minimum absolute atomic E-state index is 0. The van der Waals surface area contributed by atoms with Gasteiger partial charge < -0.3 is 20.1 Å². The van der Waals surface area contributed by atoms with Crippen LogP contribution in [0.3, 0.4) is 0 Å². The van der Waals surface area contributed by atoms with Gasteiger partial charge in [-0.05, 0) is 30.5 Å². The third kappa shape index (κ3) is 5.91. The van der Waals surface area contributed by atoms with Gasteiger partial charge in [0.2, 0.25) is 5.91 Å². The molecule has 1 aliphatic rings. The summed E-state index contributed by atoms with van der Waals surface area (Å²) in [4.78, 5) is 11.8. The van der Waals surface area contributed by atoms with Crippen molar-refractivity contribution in [1.82, 2.24) is 10.6 Å². The molecule has 0 aliphatic carbocycles. The zero-order valence-corrected chi connectivity index (χ0v) is 13.1. The molecule has 2 rings (SSSR count). The number of amides is 1. The molecule has 1 aromatic carbocycles. The lowest BCUT2D eigenvalue weighted by atomic mass is 10.1. The van der Waals surface area contributed by atoms with Crippen LogP contribution in [0.4, 0.5) is 0 Å². The number of methoxy groups -OCH3 is 1. The number of carbonyl (C=O) groups is 1. The highest BCUT2D eigenvalue weighted by Crippen LogP contribution is 2.12. The molecular formula is C15H23ClN2O3. The second kappa shape index (κ2) is 9.60. The Kier molecular flexibility index (Phi) is 8.12. The van der Waals surface area contributed by atoms with Gasteiger partial charge in [0.1, 0.15) is 11.9 Å². The second-order valence-electron chi connectivity index (χ2n) is 4.81. The molecule has 0 spiro atoms. The Morgan fingerprint density at radius 3 is 2.81 bits per heavy atom. The molecule has 1 saturated heterocycles.